The highest BCUT2D eigenvalue weighted by Gasteiger charge is 2.38. The fourth-order valence-corrected chi connectivity index (χ4v) is 5.57. The number of hydrogen-bond acceptors (Lipinski definition) is 6. The summed E-state index contributed by atoms with van der Waals surface area (Å²) in [6, 6.07) is 20.8. The van der Waals surface area contributed by atoms with Crippen molar-refractivity contribution in [1.29, 1.82) is 0 Å². The Kier molecular flexibility index (Phi) is 8.47. The molecular formula is C33H34N4O6. The molecule has 1 aromatic heterocycles. The quantitative estimate of drug-likeness (QED) is 0.165. The molecule has 1 atom stereocenters. The van der Waals surface area contributed by atoms with Crippen LogP contribution in [-0.2, 0) is 4.79 Å². The number of methoxy groups -OCH3 is 2. The lowest BCUT2D eigenvalue weighted by molar-refractivity contribution is -0.385. The average molecular weight is 583 g/mol. The standard InChI is InChI=1S/C33H34N4O6/c1-5-6-17-34(33(39)23-14-13-22(2)29(19-23)37(40)41)21-31(38)36-27-11-8-7-10-26(27)35-18-9-12-28(35)32(36)25-20-24(42-3)15-16-30(25)43-4/h7-16,18-20,32H,5-6,17,21H2,1-4H3. The van der Waals surface area contributed by atoms with Crippen LogP contribution in [0.1, 0.15) is 53.0 Å². The smallest absolute Gasteiger partial charge is 0.273 e. The van der Waals surface area contributed by atoms with Crippen molar-refractivity contribution in [3.8, 4) is 17.2 Å². The molecule has 5 rings (SSSR count). The molecule has 0 spiro atoms. The fraction of sp³-hybridized carbons (Fsp3) is 0.273. The van der Waals surface area contributed by atoms with Crippen LogP contribution in [0.3, 0.4) is 0 Å². The zero-order valence-corrected chi connectivity index (χ0v) is 24.6. The van der Waals surface area contributed by atoms with Gasteiger partial charge in [0.25, 0.3) is 11.6 Å². The lowest BCUT2D eigenvalue weighted by atomic mass is 9.96. The molecule has 0 aliphatic carbocycles. The molecule has 0 saturated heterocycles. The van der Waals surface area contributed by atoms with Gasteiger partial charge in [0, 0.05) is 35.5 Å². The van der Waals surface area contributed by atoms with Gasteiger partial charge in [-0.25, -0.2) is 0 Å². The number of nitrogens with zero attached hydrogens (tertiary/aromatic N) is 4. The topological polar surface area (TPSA) is 107 Å². The van der Waals surface area contributed by atoms with E-state index in [9.17, 15) is 19.7 Å². The SMILES string of the molecule is CCCCN(CC(=O)N1c2ccccc2-n2cccc2C1c1cc(OC)ccc1OC)C(=O)c1ccc(C)c([N+](=O)[O-])c1. The maximum absolute atomic E-state index is 14.5. The second-order valence-corrected chi connectivity index (χ2v) is 10.4. The zero-order valence-electron chi connectivity index (χ0n) is 24.6. The molecular weight excluding hydrogens is 548 g/mol. The Morgan fingerprint density at radius 1 is 0.977 bits per heavy atom. The normalized spacial score (nSPS) is 13.6. The van der Waals surface area contributed by atoms with Crippen LogP contribution in [0.5, 0.6) is 11.5 Å². The lowest BCUT2D eigenvalue weighted by Gasteiger charge is -2.40. The van der Waals surface area contributed by atoms with Crippen molar-refractivity contribution >= 4 is 23.2 Å². The Morgan fingerprint density at radius 3 is 2.44 bits per heavy atom. The van der Waals surface area contributed by atoms with Gasteiger partial charge in [0.05, 0.1) is 36.2 Å². The van der Waals surface area contributed by atoms with Gasteiger partial charge in [0.15, 0.2) is 0 Å². The number of hydrogen-bond donors (Lipinski definition) is 0. The number of ether oxygens (including phenoxy) is 2. The molecule has 2 amide bonds. The number of aromatic nitrogens is 1. The van der Waals surface area contributed by atoms with Crippen molar-refractivity contribution in [3.63, 3.8) is 0 Å². The van der Waals surface area contributed by atoms with Crippen molar-refractivity contribution in [3.05, 3.63) is 111 Å². The van der Waals surface area contributed by atoms with E-state index in [4.69, 9.17) is 9.47 Å². The summed E-state index contributed by atoms with van der Waals surface area (Å²) < 4.78 is 13.3. The number of unbranched alkanes of at least 4 members (excludes halogenated alkanes) is 1. The Balaban J connectivity index is 1.60. The van der Waals surface area contributed by atoms with Crippen LogP contribution < -0.4 is 14.4 Å². The predicted molar refractivity (Wildman–Crippen MR) is 163 cm³/mol. The highest BCUT2D eigenvalue weighted by molar-refractivity contribution is 6.03. The van der Waals surface area contributed by atoms with Crippen molar-refractivity contribution in [1.82, 2.24) is 9.47 Å². The Bertz CT molecular complexity index is 1680. The second kappa shape index (κ2) is 12.4. The van der Waals surface area contributed by atoms with Crippen LogP contribution in [0.15, 0.2) is 79.0 Å². The Morgan fingerprint density at radius 2 is 1.74 bits per heavy atom. The molecule has 0 N–H and O–H groups in total. The minimum atomic E-state index is -0.592. The molecule has 0 saturated carbocycles. The zero-order chi connectivity index (χ0) is 30.7. The van der Waals surface area contributed by atoms with E-state index in [1.165, 1.54) is 11.0 Å². The number of amides is 2. The molecule has 1 aliphatic rings. The summed E-state index contributed by atoms with van der Waals surface area (Å²) in [6.45, 7) is 3.73. The molecule has 3 aromatic carbocycles. The fourth-order valence-electron chi connectivity index (χ4n) is 5.57. The summed E-state index contributed by atoms with van der Waals surface area (Å²) in [5, 5.41) is 11.6. The molecule has 10 nitrogen and oxygen atoms in total. The van der Waals surface area contributed by atoms with Crippen LogP contribution in [0.2, 0.25) is 0 Å². The molecule has 43 heavy (non-hydrogen) atoms. The lowest BCUT2D eigenvalue weighted by Crippen LogP contribution is -2.47. The highest BCUT2D eigenvalue weighted by Crippen LogP contribution is 2.45. The molecule has 0 fully saturated rings. The minimum Gasteiger partial charge on any atom is -0.497 e. The van der Waals surface area contributed by atoms with Crippen LogP contribution >= 0.6 is 0 Å². The summed E-state index contributed by atoms with van der Waals surface area (Å²) in [4.78, 5) is 42.6. The number of carbonyl (C=O) groups excluding carboxylic acids is 2. The van der Waals surface area contributed by atoms with E-state index >= 15 is 0 Å². The molecule has 1 unspecified atom stereocenters. The maximum Gasteiger partial charge on any atom is 0.273 e. The number of rotatable bonds is 10. The monoisotopic (exact) mass is 582 g/mol. The van der Waals surface area contributed by atoms with Crippen molar-refractivity contribution in [2.24, 2.45) is 0 Å². The Hall–Kier alpha value is -5.12. The van der Waals surface area contributed by atoms with Gasteiger partial charge < -0.3 is 18.9 Å². The van der Waals surface area contributed by atoms with Crippen LogP contribution in [-0.4, -0.2) is 53.5 Å². The van der Waals surface area contributed by atoms with Crippen molar-refractivity contribution in [2.45, 2.75) is 32.7 Å². The molecule has 10 heteroatoms. The third-order valence-electron chi connectivity index (χ3n) is 7.77. The van der Waals surface area contributed by atoms with Crippen LogP contribution in [0, 0.1) is 17.0 Å². The van der Waals surface area contributed by atoms with E-state index in [2.05, 4.69) is 0 Å². The number of para-hydroxylation sites is 2. The number of nitro groups is 1. The van der Waals surface area contributed by atoms with E-state index in [0.29, 0.717) is 35.7 Å². The van der Waals surface area contributed by atoms with Crippen LogP contribution in [0.25, 0.3) is 5.69 Å². The van der Waals surface area contributed by atoms with E-state index in [-0.39, 0.29) is 23.7 Å². The summed E-state index contributed by atoms with van der Waals surface area (Å²) in [6.07, 6.45) is 3.42. The van der Waals surface area contributed by atoms with Crippen molar-refractivity contribution in [2.75, 3.05) is 32.2 Å². The third kappa shape index (κ3) is 5.55. The van der Waals surface area contributed by atoms with Crippen LogP contribution in [0.4, 0.5) is 11.4 Å². The molecule has 222 valence electrons. The van der Waals surface area contributed by atoms with Gasteiger partial charge in [0.1, 0.15) is 24.1 Å². The molecule has 4 aromatic rings. The molecule has 0 bridgehead atoms. The van der Waals surface area contributed by atoms with Gasteiger partial charge >= 0.3 is 0 Å². The summed E-state index contributed by atoms with van der Waals surface area (Å²) >= 11 is 0. The first-order chi connectivity index (χ1) is 20.8. The molecule has 1 aliphatic heterocycles. The average Bonchev–Trinajstić information content (AvgIpc) is 3.52. The van der Waals surface area contributed by atoms with E-state index in [1.807, 2.05) is 66.2 Å². The summed E-state index contributed by atoms with van der Waals surface area (Å²) in [5.41, 5.74) is 3.57. The largest absolute Gasteiger partial charge is 0.497 e. The Labute approximate surface area is 250 Å². The minimum absolute atomic E-state index is 0.136. The summed E-state index contributed by atoms with van der Waals surface area (Å²) in [7, 11) is 3.17. The first kappa shape index (κ1) is 29.4. The number of aryl methyl sites for hydroxylation is 1. The number of carbonyl (C=O) groups is 2. The van der Waals surface area contributed by atoms with Gasteiger partial charge in [-0.15, -0.1) is 0 Å². The van der Waals surface area contributed by atoms with Gasteiger partial charge in [-0.2, -0.15) is 0 Å². The maximum atomic E-state index is 14.5. The van der Waals surface area contributed by atoms with Gasteiger partial charge in [0.2, 0.25) is 5.91 Å². The number of benzene rings is 3. The third-order valence-corrected chi connectivity index (χ3v) is 7.77. The number of anilines is 1. The van der Waals surface area contributed by atoms with E-state index in [1.54, 1.807) is 44.2 Å². The first-order valence-corrected chi connectivity index (χ1v) is 14.1. The second-order valence-electron chi connectivity index (χ2n) is 10.4. The highest BCUT2D eigenvalue weighted by atomic mass is 16.6. The van der Waals surface area contributed by atoms with Gasteiger partial charge in [-0.3, -0.25) is 24.6 Å². The summed E-state index contributed by atoms with van der Waals surface area (Å²) in [5.74, 6) is 0.456. The van der Waals surface area contributed by atoms with E-state index < -0.39 is 16.9 Å². The molecule has 2 heterocycles. The first-order valence-electron chi connectivity index (χ1n) is 14.1. The molecule has 0 radical (unpaired) electrons. The predicted octanol–water partition coefficient (Wildman–Crippen LogP) is 6.09. The van der Waals surface area contributed by atoms with E-state index in [0.717, 1.165) is 23.4 Å². The number of fused-ring (bicyclic) bond motifs is 3. The van der Waals surface area contributed by atoms with Gasteiger partial charge in [-0.05, 0) is 61.9 Å². The van der Waals surface area contributed by atoms with Gasteiger partial charge in [-0.1, -0.05) is 31.5 Å². The van der Waals surface area contributed by atoms with Crippen molar-refractivity contribution < 1.29 is 24.0 Å². The number of nitro benzene ring substituents is 1.